The molecule has 1 atom stereocenters. The fourth-order valence-electron chi connectivity index (χ4n) is 3.03. The average molecular weight is 418 g/mol. The third-order valence-corrected chi connectivity index (χ3v) is 5.76. The Morgan fingerprint density at radius 3 is 2.37 bits per heavy atom. The highest BCUT2D eigenvalue weighted by molar-refractivity contribution is 7.99. The highest BCUT2D eigenvalue weighted by Crippen LogP contribution is 2.25. The third-order valence-electron chi connectivity index (χ3n) is 4.80. The lowest BCUT2D eigenvalue weighted by atomic mass is 10.0. The second-order valence-electron chi connectivity index (χ2n) is 7.29. The summed E-state index contributed by atoms with van der Waals surface area (Å²) < 4.78 is 0. The highest BCUT2D eigenvalue weighted by Gasteiger charge is 2.28. The summed E-state index contributed by atoms with van der Waals surface area (Å²) >= 11 is 1.54. The molecule has 0 bridgehead atoms. The van der Waals surface area contributed by atoms with Gasteiger partial charge < -0.3 is 10.6 Å². The van der Waals surface area contributed by atoms with Gasteiger partial charge in [-0.25, -0.2) is 4.98 Å². The molecule has 0 aliphatic heterocycles. The van der Waals surface area contributed by atoms with E-state index >= 15 is 0 Å². The molecule has 1 aliphatic carbocycles. The number of hydrogen-bond acceptors (Lipinski definition) is 4. The maximum absolute atomic E-state index is 12.8. The van der Waals surface area contributed by atoms with Crippen LogP contribution in [0, 0.1) is 0 Å². The number of amides is 2. The molecule has 152 valence electrons. The van der Waals surface area contributed by atoms with Gasteiger partial charge in [-0.2, -0.15) is 0 Å². The fraction of sp³-hybridized carbons (Fsp3) is 0.208. The van der Waals surface area contributed by atoms with E-state index in [9.17, 15) is 9.59 Å². The van der Waals surface area contributed by atoms with Gasteiger partial charge in [-0.3, -0.25) is 9.59 Å². The number of benzene rings is 2. The van der Waals surface area contributed by atoms with Crippen LogP contribution in [0.2, 0.25) is 0 Å². The number of pyridine rings is 1. The lowest BCUT2D eigenvalue weighted by molar-refractivity contribution is -0.123. The van der Waals surface area contributed by atoms with Crippen LogP contribution in [0.25, 0.3) is 0 Å². The molecule has 2 aromatic carbocycles. The van der Waals surface area contributed by atoms with E-state index in [1.165, 1.54) is 11.8 Å². The van der Waals surface area contributed by atoms with Gasteiger partial charge in [0.05, 0.1) is 0 Å². The lowest BCUT2D eigenvalue weighted by Crippen LogP contribution is -2.48. The smallest absolute Gasteiger partial charge is 0.251 e. The summed E-state index contributed by atoms with van der Waals surface area (Å²) in [6.07, 6.45) is 4.22. The monoisotopic (exact) mass is 417 g/mol. The Bertz CT molecular complexity index is 990. The predicted octanol–water partition coefficient (Wildman–Crippen LogP) is 3.85. The molecule has 2 amide bonds. The molecule has 1 aromatic heterocycles. The van der Waals surface area contributed by atoms with E-state index in [1.807, 2.05) is 60.7 Å². The van der Waals surface area contributed by atoms with E-state index in [4.69, 9.17) is 0 Å². The summed E-state index contributed by atoms with van der Waals surface area (Å²) in [6.45, 7) is 0. The largest absolute Gasteiger partial charge is 0.352 e. The first-order valence-corrected chi connectivity index (χ1v) is 10.8. The molecular formula is C24H23N3O2S. The zero-order valence-electron chi connectivity index (χ0n) is 16.5. The molecule has 4 rings (SSSR count). The quantitative estimate of drug-likeness (QED) is 0.584. The number of carbonyl (C=O) groups is 2. The Hall–Kier alpha value is -3.12. The first-order chi connectivity index (χ1) is 14.7. The molecule has 0 saturated heterocycles. The number of aromatic nitrogens is 1. The molecule has 30 heavy (non-hydrogen) atoms. The summed E-state index contributed by atoms with van der Waals surface area (Å²) in [5.74, 6) is -0.381. The maximum Gasteiger partial charge on any atom is 0.251 e. The molecule has 1 unspecified atom stereocenters. The number of rotatable bonds is 8. The summed E-state index contributed by atoms with van der Waals surface area (Å²) in [7, 11) is 0. The van der Waals surface area contributed by atoms with E-state index in [0.717, 1.165) is 28.3 Å². The molecule has 1 heterocycles. The molecule has 2 N–H and O–H groups in total. The van der Waals surface area contributed by atoms with Crippen molar-refractivity contribution in [1.29, 1.82) is 0 Å². The third kappa shape index (κ3) is 5.70. The van der Waals surface area contributed by atoms with E-state index in [0.29, 0.717) is 12.0 Å². The van der Waals surface area contributed by atoms with E-state index < -0.39 is 6.04 Å². The van der Waals surface area contributed by atoms with Crippen molar-refractivity contribution in [3.63, 3.8) is 0 Å². The Morgan fingerprint density at radius 1 is 0.967 bits per heavy atom. The van der Waals surface area contributed by atoms with E-state index in [-0.39, 0.29) is 17.9 Å². The molecule has 6 heteroatoms. The van der Waals surface area contributed by atoms with Crippen LogP contribution >= 0.6 is 11.8 Å². The molecule has 0 radical (unpaired) electrons. The summed E-state index contributed by atoms with van der Waals surface area (Å²) in [4.78, 5) is 30.8. The number of carbonyl (C=O) groups excluding carboxylic acids is 2. The highest BCUT2D eigenvalue weighted by atomic mass is 32.2. The molecule has 1 aliphatic rings. The number of nitrogens with one attached hydrogen (secondary N) is 2. The van der Waals surface area contributed by atoms with Crippen LogP contribution < -0.4 is 10.6 Å². The van der Waals surface area contributed by atoms with Gasteiger partial charge in [-0.05, 0) is 54.8 Å². The fourth-order valence-corrected chi connectivity index (χ4v) is 3.81. The maximum atomic E-state index is 12.8. The molecule has 1 saturated carbocycles. The van der Waals surface area contributed by atoms with Gasteiger partial charge in [-0.15, -0.1) is 0 Å². The minimum absolute atomic E-state index is 0.128. The average Bonchev–Trinajstić information content (AvgIpc) is 3.59. The van der Waals surface area contributed by atoms with Gasteiger partial charge >= 0.3 is 0 Å². The predicted molar refractivity (Wildman–Crippen MR) is 117 cm³/mol. The van der Waals surface area contributed by atoms with Crippen LogP contribution in [0.1, 0.15) is 28.8 Å². The molecule has 3 aromatic rings. The van der Waals surface area contributed by atoms with Gasteiger partial charge in [0.1, 0.15) is 11.1 Å². The molecular weight excluding hydrogens is 394 g/mol. The van der Waals surface area contributed by atoms with Crippen molar-refractivity contribution in [3.05, 3.63) is 90.1 Å². The first-order valence-electron chi connectivity index (χ1n) is 10.0. The Labute approximate surface area is 180 Å². The zero-order chi connectivity index (χ0) is 20.8. The van der Waals surface area contributed by atoms with Crippen molar-refractivity contribution in [3.8, 4) is 0 Å². The van der Waals surface area contributed by atoms with Crippen LogP contribution in [0.5, 0.6) is 0 Å². The van der Waals surface area contributed by atoms with Gasteiger partial charge in [0.25, 0.3) is 5.91 Å². The summed E-state index contributed by atoms with van der Waals surface area (Å²) in [6, 6.07) is 22.5. The standard InChI is InChI=1S/C24H23N3O2S/c28-23(18-9-13-20(14-10-18)30-22-8-4-5-15-25-22)27-21(24(29)26-19-11-12-19)16-17-6-2-1-3-7-17/h1-10,13-15,19,21H,11-12,16H2,(H,26,29)(H,27,28). The summed E-state index contributed by atoms with van der Waals surface area (Å²) in [5, 5.41) is 6.81. The topological polar surface area (TPSA) is 71.1 Å². The Morgan fingerprint density at radius 2 is 1.70 bits per heavy atom. The van der Waals surface area contributed by atoms with Gasteiger partial charge in [-0.1, -0.05) is 48.2 Å². The number of hydrogen-bond donors (Lipinski definition) is 2. The number of nitrogens with zero attached hydrogens (tertiary/aromatic N) is 1. The van der Waals surface area contributed by atoms with Crippen LogP contribution in [-0.2, 0) is 11.2 Å². The van der Waals surface area contributed by atoms with Crippen LogP contribution in [0.3, 0.4) is 0 Å². The van der Waals surface area contributed by atoms with E-state index in [2.05, 4.69) is 15.6 Å². The normalized spacial score (nSPS) is 14.0. The van der Waals surface area contributed by atoms with Crippen molar-refractivity contribution >= 4 is 23.6 Å². The SMILES string of the molecule is O=C(NC(Cc1ccccc1)C(=O)NC1CC1)c1ccc(Sc2ccccn2)cc1. The van der Waals surface area contributed by atoms with Crippen molar-refractivity contribution in [2.45, 2.75) is 41.3 Å². The van der Waals surface area contributed by atoms with E-state index in [1.54, 1.807) is 18.3 Å². The molecule has 1 fully saturated rings. The van der Waals surface area contributed by atoms with Crippen molar-refractivity contribution in [2.24, 2.45) is 0 Å². The van der Waals surface area contributed by atoms with Gasteiger partial charge in [0, 0.05) is 29.1 Å². The summed E-state index contributed by atoms with van der Waals surface area (Å²) in [5.41, 5.74) is 1.54. The molecule has 5 nitrogen and oxygen atoms in total. The Balaban J connectivity index is 1.42. The minimum Gasteiger partial charge on any atom is -0.352 e. The Kier molecular flexibility index (Phi) is 6.44. The second-order valence-corrected chi connectivity index (χ2v) is 8.39. The van der Waals surface area contributed by atoms with Gasteiger partial charge in [0.15, 0.2) is 0 Å². The van der Waals surface area contributed by atoms with Crippen molar-refractivity contribution in [2.75, 3.05) is 0 Å². The van der Waals surface area contributed by atoms with Crippen molar-refractivity contribution < 1.29 is 9.59 Å². The molecule has 0 spiro atoms. The van der Waals surface area contributed by atoms with Crippen molar-refractivity contribution in [1.82, 2.24) is 15.6 Å². The second kappa shape index (κ2) is 9.59. The zero-order valence-corrected chi connectivity index (χ0v) is 17.3. The minimum atomic E-state index is -0.608. The van der Waals surface area contributed by atoms with Crippen LogP contribution in [-0.4, -0.2) is 28.9 Å². The van der Waals surface area contributed by atoms with Crippen LogP contribution in [0.15, 0.2) is 88.9 Å². The lowest BCUT2D eigenvalue weighted by Gasteiger charge is -2.19. The van der Waals surface area contributed by atoms with Crippen LogP contribution in [0.4, 0.5) is 0 Å². The first kappa shape index (κ1) is 20.2. The van der Waals surface area contributed by atoms with Gasteiger partial charge in [0.2, 0.25) is 5.91 Å².